The van der Waals surface area contributed by atoms with Crippen LogP contribution in [0.5, 0.6) is 5.75 Å². The van der Waals surface area contributed by atoms with E-state index in [0.29, 0.717) is 19.6 Å². The van der Waals surface area contributed by atoms with Crippen molar-refractivity contribution in [3.63, 3.8) is 0 Å². The minimum absolute atomic E-state index is 0.192. The number of hydrogen-bond acceptors (Lipinski definition) is 4. The van der Waals surface area contributed by atoms with E-state index in [1.807, 2.05) is 24.3 Å². The summed E-state index contributed by atoms with van der Waals surface area (Å²) >= 11 is 0. The number of carboxylic acid groups (broad SMARTS) is 1. The molecule has 0 aromatic heterocycles. The number of likely N-dealkylation sites (N-methyl/N-ethyl adjacent to an activating group) is 1. The first-order chi connectivity index (χ1) is 18.4. The number of nitrogens with zero attached hydrogens (tertiary/aromatic N) is 1. The summed E-state index contributed by atoms with van der Waals surface area (Å²) < 4.78 is 11.5. The molecule has 0 bridgehead atoms. The highest BCUT2D eigenvalue weighted by atomic mass is 16.5. The van der Waals surface area contributed by atoms with Gasteiger partial charge < -0.3 is 14.6 Å². The summed E-state index contributed by atoms with van der Waals surface area (Å²) in [6.07, 6.45) is 3.89. The first-order valence-corrected chi connectivity index (χ1v) is 13.9. The van der Waals surface area contributed by atoms with E-state index in [1.54, 1.807) is 6.92 Å². The molecule has 0 radical (unpaired) electrons. The minimum atomic E-state index is -0.936. The second-order valence-corrected chi connectivity index (χ2v) is 10.3. The van der Waals surface area contributed by atoms with Crippen molar-refractivity contribution in [2.45, 2.75) is 65.0 Å². The predicted molar refractivity (Wildman–Crippen MR) is 152 cm³/mol. The van der Waals surface area contributed by atoms with Gasteiger partial charge in [-0.1, -0.05) is 67.4 Å². The number of benzene rings is 3. The molecule has 1 aliphatic carbocycles. The Morgan fingerprint density at radius 3 is 2.42 bits per heavy atom. The largest absolute Gasteiger partial charge is 0.492 e. The van der Waals surface area contributed by atoms with Gasteiger partial charge in [-0.05, 0) is 85.7 Å². The summed E-state index contributed by atoms with van der Waals surface area (Å²) in [6.45, 7) is 7.94. The van der Waals surface area contributed by atoms with E-state index < -0.39 is 12.1 Å². The van der Waals surface area contributed by atoms with Gasteiger partial charge >= 0.3 is 5.97 Å². The van der Waals surface area contributed by atoms with E-state index in [-0.39, 0.29) is 6.04 Å². The SMILES string of the molecule is CCCc1ccc2c(c1)C(N(C)CCOc1ccc(CC(OCC)C(=O)O)cc1)c1ccc(C)cc1CC2. The molecule has 1 N–H and O–H groups in total. The minimum Gasteiger partial charge on any atom is -0.492 e. The van der Waals surface area contributed by atoms with E-state index >= 15 is 0 Å². The lowest BCUT2D eigenvalue weighted by Gasteiger charge is -2.31. The molecule has 3 aromatic rings. The number of ether oxygens (including phenoxy) is 2. The van der Waals surface area contributed by atoms with Gasteiger partial charge in [0.15, 0.2) is 6.10 Å². The van der Waals surface area contributed by atoms with Gasteiger partial charge in [0.2, 0.25) is 0 Å². The third kappa shape index (κ3) is 6.83. The third-order valence-corrected chi connectivity index (χ3v) is 7.44. The monoisotopic (exact) mass is 515 g/mol. The Kier molecular flexibility index (Phi) is 9.59. The van der Waals surface area contributed by atoms with Gasteiger partial charge in [0, 0.05) is 19.6 Å². The quantitative estimate of drug-likeness (QED) is 0.312. The molecule has 4 rings (SSSR count). The maximum Gasteiger partial charge on any atom is 0.333 e. The van der Waals surface area contributed by atoms with Crippen LogP contribution in [0.2, 0.25) is 0 Å². The van der Waals surface area contributed by atoms with Crippen LogP contribution in [0.15, 0.2) is 60.7 Å². The average Bonchev–Trinajstić information content (AvgIpc) is 3.05. The molecule has 5 nitrogen and oxygen atoms in total. The first-order valence-electron chi connectivity index (χ1n) is 13.9. The van der Waals surface area contributed by atoms with Crippen molar-refractivity contribution in [1.82, 2.24) is 4.90 Å². The Bertz CT molecular complexity index is 1220. The Hall–Kier alpha value is -3.15. The fourth-order valence-corrected chi connectivity index (χ4v) is 5.49. The molecule has 3 aromatic carbocycles. The van der Waals surface area contributed by atoms with Gasteiger partial charge in [0.1, 0.15) is 12.4 Å². The van der Waals surface area contributed by atoms with Crippen molar-refractivity contribution in [3.05, 3.63) is 99.6 Å². The van der Waals surface area contributed by atoms with Crippen LogP contribution in [-0.4, -0.2) is 48.9 Å². The topological polar surface area (TPSA) is 59.0 Å². The Labute approximate surface area is 227 Å². The molecule has 0 spiro atoms. The molecule has 38 heavy (non-hydrogen) atoms. The number of rotatable bonds is 12. The van der Waals surface area contributed by atoms with Crippen molar-refractivity contribution in [2.75, 3.05) is 26.8 Å². The van der Waals surface area contributed by atoms with Crippen LogP contribution in [-0.2, 0) is 35.2 Å². The fraction of sp³-hybridized carbons (Fsp3) is 0.424. The van der Waals surface area contributed by atoms with Crippen LogP contribution in [0, 0.1) is 6.92 Å². The van der Waals surface area contributed by atoms with Gasteiger partial charge in [0.25, 0.3) is 0 Å². The number of hydrogen-bond donors (Lipinski definition) is 1. The first kappa shape index (κ1) is 27.9. The van der Waals surface area contributed by atoms with Crippen LogP contribution in [0.4, 0.5) is 0 Å². The maximum absolute atomic E-state index is 11.4. The number of aryl methyl sites for hydroxylation is 4. The van der Waals surface area contributed by atoms with E-state index in [0.717, 1.165) is 43.5 Å². The molecule has 0 aliphatic heterocycles. The molecule has 5 heteroatoms. The van der Waals surface area contributed by atoms with Crippen LogP contribution in [0.1, 0.15) is 65.3 Å². The molecular weight excluding hydrogens is 474 g/mol. The molecule has 0 heterocycles. The Balaban J connectivity index is 1.47. The van der Waals surface area contributed by atoms with E-state index in [2.05, 4.69) is 62.2 Å². The summed E-state index contributed by atoms with van der Waals surface area (Å²) in [5.74, 6) is -0.151. The molecule has 0 amide bonds. The third-order valence-electron chi connectivity index (χ3n) is 7.44. The fourth-order valence-electron chi connectivity index (χ4n) is 5.49. The molecule has 2 atom stereocenters. The van der Waals surface area contributed by atoms with E-state index in [4.69, 9.17) is 9.47 Å². The summed E-state index contributed by atoms with van der Waals surface area (Å²) in [6, 6.07) is 21.9. The number of carboxylic acids is 1. The van der Waals surface area contributed by atoms with Gasteiger partial charge in [-0.15, -0.1) is 0 Å². The van der Waals surface area contributed by atoms with Crippen molar-refractivity contribution >= 4 is 5.97 Å². The highest BCUT2D eigenvalue weighted by Gasteiger charge is 2.27. The Morgan fingerprint density at radius 1 is 0.974 bits per heavy atom. The zero-order valence-corrected chi connectivity index (χ0v) is 23.2. The predicted octanol–water partition coefficient (Wildman–Crippen LogP) is 6.18. The zero-order valence-electron chi connectivity index (χ0n) is 23.2. The zero-order chi connectivity index (χ0) is 27.1. The Morgan fingerprint density at radius 2 is 1.71 bits per heavy atom. The molecule has 0 fully saturated rings. The molecule has 202 valence electrons. The summed E-state index contributed by atoms with van der Waals surface area (Å²) in [7, 11) is 2.20. The van der Waals surface area contributed by atoms with Crippen LogP contribution in [0.3, 0.4) is 0 Å². The lowest BCUT2D eigenvalue weighted by atomic mass is 9.91. The standard InChI is InChI=1S/C33H41NO4/c1-5-7-24-9-12-26-13-14-27-20-23(3)8-17-29(27)32(30(26)21-24)34(4)18-19-38-28-15-10-25(11-16-28)22-31(33(35)36)37-6-2/h8-12,15-17,20-21,31-32H,5-7,13-14,18-19,22H2,1-4H3,(H,35,36). The van der Waals surface area contributed by atoms with Gasteiger partial charge in [-0.25, -0.2) is 4.79 Å². The highest BCUT2D eigenvalue weighted by Crippen LogP contribution is 2.37. The number of fused-ring (bicyclic) bond motifs is 2. The second kappa shape index (κ2) is 13.1. The van der Waals surface area contributed by atoms with Crippen molar-refractivity contribution in [1.29, 1.82) is 0 Å². The molecule has 0 saturated heterocycles. The summed E-state index contributed by atoms with van der Waals surface area (Å²) in [5.41, 5.74) is 9.35. The normalized spacial score (nSPS) is 15.4. The van der Waals surface area contributed by atoms with E-state index in [9.17, 15) is 9.90 Å². The summed E-state index contributed by atoms with van der Waals surface area (Å²) in [4.78, 5) is 13.8. The van der Waals surface area contributed by atoms with Crippen molar-refractivity contribution < 1.29 is 19.4 Å². The molecule has 0 saturated carbocycles. The lowest BCUT2D eigenvalue weighted by Crippen LogP contribution is -2.30. The van der Waals surface area contributed by atoms with Crippen LogP contribution < -0.4 is 4.74 Å². The smallest absolute Gasteiger partial charge is 0.333 e. The maximum atomic E-state index is 11.4. The van der Waals surface area contributed by atoms with Crippen molar-refractivity contribution in [2.24, 2.45) is 0 Å². The second-order valence-electron chi connectivity index (χ2n) is 10.3. The number of carbonyl (C=O) groups is 1. The van der Waals surface area contributed by atoms with Crippen LogP contribution in [0.25, 0.3) is 0 Å². The van der Waals surface area contributed by atoms with Gasteiger partial charge in [-0.2, -0.15) is 0 Å². The molecule has 1 aliphatic rings. The van der Waals surface area contributed by atoms with Crippen LogP contribution >= 0.6 is 0 Å². The van der Waals surface area contributed by atoms with Gasteiger partial charge in [0.05, 0.1) is 6.04 Å². The van der Waals surface area contributed by atoms with Crippen molar-refractivity contribution in [3.8, 4) is 5.75 Å². The average molecular weight is 516 g/mol. The highest BCUT2D eigenvalue weighted by molar-refractivity contribution is 5.72. The number of aliphatic carboxylic acids is 1. The summed E-state index contributed by atoms with van der Waals surface area (Å²) in [5, 5.41) is 9.34. The lowest BCUT2D eigenvalue weighted by molar-refractivity contribution is -0.149. The van der Waals surface area contributed by atoms with Gasteiger partial charge in [-0.3, -0.25) is 4.90 Å². The van der Waals surface area contributed by atoms with E-state index in [1.165, 1.54) is 33.4 Å². The molecule has 2 unspecified atom stereocenters. The molecular formula is C33H41NO4.